The first-order chi connectivity index (χ1) is 12.1. The van der Waals surface area contributed by atoms with E-state index in [4.69, 9.17) is 9.47 Å². The molecule has 0 aromatic carbocycles. The minimum atomic E-state index is -0.709. The van der Waals surface area contributed by atoms with Crippen molar-refractivity contribution in [2.75, 3.05) is 25.6 Å². The Balaban J connectivity index is 2.00. The molecule has 0 bridgehead atoms. The lowest BCUT2D eigenvalue weighted by atomic mass is 10.1. The monoisotopic (exact) mass is 355 g/mol. The molecule has 3 N–H and O–H groups in total. The van der Waals surface area contributed by atoms with Crippen LogP contribution in [0.15, 0.2) is 15.8 Å². The number of ether oxygens (including phenoxy) is 2. The zero-order valence-electron chi connectivity index (χ0n) is 15.0. The molecule has 2 rings (SSSR count). The van der Waals surface area contributed by atoms with Crippen molar-refractivity contribution < 1.29 is 14.6 Å². The van der Waals surface area contributed by atoms with Crippen molar-refractivity contribution in [3.8, 4) is 0 Å². The third-order valence-corrected chi connectivity index (χ3v) is 4.41. The molecule has 0 saturated carbocycles. The number of H-pyrrole nitrogens is 1. The van der Waals surface area contributed by atoms with Crippen molar-refractivity contribution in [3.63, 3.8) is 0 Å². The zero-order chi connectivity index (χ0) is 18.2. The molecule has 1 aromatic rings. The zero-order valence-corrected chi connectivity index (χ0v) is 15.0. The van der Waals surface area contributed by atoms with Crippen LogP contribution in [0.25, 0.3) is 0 Å². The van der Waals surface area contributed by atoms with Crippen molar-refractivity contribution in [1.82, 2.24) is 9.55 Å². The Labute approximate surface area is 147 Å². The summed E-state index contributed by atoms with van der Waals surface area (Å²) in [5, 5.41) is 13.1. The fraction of sp³-hybridized carbons (Fsp3) is 0.765. The maximum atomic E-state index is 12.1. The van der Waals surface area contributed by atoms with Crippen LogP contribution in [-0.2, 0) is 9.47 Å². The van der Waals surface area contributed by atoms with E-state index in [-0.39, 0.29) is 13.0 Å². The van der Waals surface area contributed by atoms with Crippen molar-refractivity contribution >= 4 is 5.69 Å². The van der Waals surface area contributed by atoms with Gasteiger partial charge in [0.05, 0.1) is 12.7 Å². The van der Waals surface area contributed by atoms with Crippen LogP contribution in [0.4, 0.5) is 5.69 Å². The van der Waals surface area contributed by atoms with Crippen LogP contribution in [0.5, 0.6) is 0 Å². The first-order valence-electron chi connectivity index (χ1n) is 8.98. The molecule has 1 fully saturated rings. The number of rotatable bonds is 10. The molecule has 8 nitrogen and oxygen atoms in total. The van der Waals surface area contributed by atoms with Crippen molar-refractivity contribution in [2.24, 2.45) is 0 Å². The number of aromatic amines is 1. The van der Waals surface area contributed by atoms with Crippen LogP contribution in [0, 0.1) is 0 Å². The SMILES string of the molecule is CCCCCCCNc1cn(C2CC(O)C(COC)O2)c(=O)[nH]c1=O. The Hall–Kier alpha value is -1.64. The van der Waals surface area contributed by atoms with Gasteiger partial charge in [-0.2, -0.15) is 0 Å². The van der Waals surface area contributed by atoms with E-state index in [1.54, 1.807) is 0 Å². The second-order valence-corrected chi connectivity index (χ2v) is 6.44. The van der Waals surface area contributed by atoms with E-state index in [1.807, 2.05) is 0 Å². The van der Waals surface area contributed by atoms with Crippen LogP contribution in [0.3, 0.4) is 0 Å². The smallest absolute Gasteiger partial charge is 0.330 e. The van der Waals surface area contributed by atoms with E-state index in [1.165, 1.54) is 37.1 Å². The molecule has 142 valence electrons. The largest absolute Gasteiger partial charge is 0.390 e. The number of nitrogens with one attached hydrogen (secondary N) is 2. The molecule has 0 aliphatic carbocycles. The number of anilines is 1. The number of unbranched alkanes of at least 4 members (excludes halogenated alkanes) is 4. The summed E-state index contributed by atoms with van der Waals surface area (Å²) in [4.78, 5) is 26.4. The average molecular weight is 355 g/mol. The highest BCUT2D eigenvalue weighted by Crippen LogP contribution is 2.27. The summed E-state index contributed by atoms with van der Waals surface area (Å²) in [6.45, 7) is 3.09. The highest BCUT2D eigenvalue weighted by Gasteiger charge is 2.35. The quantitative estimate of drug-likeness (QED) is 0.545. The topological polar surface area (TPSA) is 106 Å². The first-order valence-corrected chi connectivity index (χ1v) is 8.98. The van der Waals surface area contributed by atoms with Crippen LogP contribution >= 0.6 is 0 Å². The number of nitrogens with zero attached hydrogens (tertiary/aromatic N) is 1. The van der Waals surface area contributed by atoms with Gasteiger partial charge in [-0.15, -0.1) is 0 Å². The Morgan fingerprint density at radius 1 is 1.36 bits per heavy atom. The maximum absolute atomic E-state index is 12.1. The van der Waals surface area contributed by atoms with Gasteiger partial charge in [0, 0.05) is 26.3 Å². The minimum Gasteiger partial charge on any atom is -0.390 e. The molecule has 2 heterocycles. The third kappa shape index (κ3) is 5.42. The van der Waals surface area contributed by atoms with Crippen molar-refractivity contribution in [1.29, 1.82) is 0 Å². The average Bonchev–Trinajstić information content (AvgIpc) is 2.93. The van der Waals surface area contributed by atoms with Crippen LogP contribution in [0.2, 0.25) is 0 Å². The van der Waals surface area contributed by atoms with Crippen LogP contribution in [-0.4, -0.2) is 47.1 Å². The Bertz CT molecular complexity index is 642. The summed E-state index contributed by atoms with van der Waals surface area (Å²) >= 11 is 0. The standard InChI is InChI=1S/C17H29N3O5/c1-3-4-5-6-7-8-18-12-10-20(17(23)19-16(12)22)15-9-13(21)14(25-15)11-24-2/h10,13-15,18,21H,3-9,11H2,1-2H3,(H,19,22,23). The maximum Gasteiger partial charge on any atom is 0.330 e. The van der Waals surface area contributed by atoms with E-state index in [9.17, 15) is 14.7 Å². The molecule has 1 aliphatic heterocycles. The Kier molecular flexibility index (Phi) is 7.67. The van der Waals surface area contributed by atoms with E-state index in [2.05, 4.69) is 17.2 Å². The fourth-order valence-electron chi connectivity index (χ4n) is 2.98. The fourth-order valence-corrected chi connectivity index (χ4v) is 2.98. The molecular weight excluding hydrogens is 326 g/mol. The van der Waals surface area contributed by atoms with E-state index in [0.717, 1.165) is 12.8 Å². The molecule has 1 aromatic heterocycles. The van der Waals surface area contributed by atoms with Gasteiger partial charge in [0.25, 0.3) is 5.56 Å². The number of aliphatic hydroxyl groups is 1. The molecule has 0 spiro atoms. The molecular formula is C17H29N3O5. The lowest BCUT2D eigenvalue weighted by Gasteiger charge is -2.16. The highest BCUT2D eigenvalue weighted by atomic mass is 16.6. The van der Waals surface area contributed by atoms with Crippen molar-refractivity contribution in [3.05, 3.63) is 27.0 Å². The Morgan fingerprint density at radius 3 is 2.84 bits per heavy atom. The van der Waals surface area contributed by atoms with Crippen LogP contribution in [0.1, 0.15) is 51.7 Å². The lowest BCUT2D eigenvalue weighted by molar-refractivity contribution is -0.0546. The van der Waals surface area contributed by atoms with Gasteiger partial charge in [-0.05, 0) is 6.42 Å². The van der Waals surface area contributed by atoms with Crippen LogP contribution < -0.4 is 16.6 Å². The molecule has 0 amide bonds. The normalized spacial score (nSPS) is 23.1. The number of hydrogen-bond donors (Lipinski definition) is 3. The molecule has 25 heavy (non-hydrogen) atoms. The molecule has 8 heteroatoms. The van der Waals surface area contributed by atoms with Gasteiger partial charge < -0.3 is 19.9 Å². The minimum absolute atomic E-state index is 0.249. The number of aliphatic hydroxyl groups excluding tert-OH is 1. The molecule has 0 radical (unpaired) electrons. The Morgan fingerprint density at radius 2 is 2.12 bits per heavy atom. The van der Waals surface area contributed by atoms with Gasteiger partial charge in [-0.25, -0.2) is 4.79 Å². The van der Waals surface area contributed by atoms with Gasteiger partial charge in [0.1, 0.15) is 18.0 Å². The van der Waals surface area contributed by atoms with Gasteiger partial charge in [-0.3, -0.25) is 14.3 Å². The van der Waals surface area contributed by atoms with Crippen molar-refractivity contribution in [2.45, 2.75) is 63.9 Å². The molecule has 1 saturated heterocycles. The van der Waals surface area contributed by atoms with Gasteiger partial charge in [-0.1, -0.05) is 32.6 Å². The molecule has 3 unspecified atom stereocenters. The number of aromatic nitrogens is 2. The van der Waals surface area contributed by atoms with E-state index in [0.29, 0.717) is 12.2 Å². The summed E-state index contributed by atoms with van der Waals surface area (Å²) in [6, 6.07) is 0. The number of hydrogen-bond acceptors (Lipinski definition) is 6. The number of methoxy groups -OCH3 is 1. The second-order valence-electron chi connectivity index (χ2n) is 6.44. The predicted octanol–water partition coefficient (Wildman–Crippen LogP) is 1.21. The van der Waals surface area contributed by atoms with Gasteiger partial charge in [0.15, 0.2) is 0 Å². The predicted molar refractivity (Wildman–Crippen MR) is 95.0 cm³/mol. The molecule has 3 atom stereocenters. The van der Waals surface area contributed by atoms with Gasteiger partial charge >= 0.3 is 5.69 Å². The summed E-state index contributed by atoms with van der Waals surface area (Å²) in [5.74, 6) is 0. The highest BCUT2D eigenvalue weighted by molar-refractivity contribution is 5.37. The van der Waals surface area contributed by atoms with Gasteiger partial charge in [0.2, 0.25) is 0 Å². The summed E-state index contributed by atoms with van der Waals surface area (Å²) < 4.78 is 12.0. The third-order valence-electron chi connectivity index (χ3n) is 4.41. The van der Waals surface area contributed by atoms with E-state index >= 15 is 0 Å². The van der Waals surface area contributed by atoms with E-state index < -0.39 is 29.7 Å². The first kappa shape index (κ1) is 19.7. The molecule has 1 aliphatic rings. The summed E-state index contributed by atoms with van der Waals surface area (Å²) in [7, 11) is 1.53. The second kappa shape index (κ2) is 9.74. The lowest BCUT2D eigenvalue weighted by Crippen LogP contribution is -2.34. The summed E-state index contributed by atoms with van der Waals surface area (Å²) in [6.07, 6.45) is 5.60. The summed E-state index contributed by atoms with van der Waals surface area (Å²) in [5.41, 5.74) is -0.654.